The fourth-order valence-corrected chi connectivity index (χ4v) is 1.59. The van der Waals surface area contributed by atoms with Crippen LogP contribution in [-0.2, 0) is 0 Å². The maximum absolute atomic E-state index is 5.50. The Morgan fingerprint density at radius 1 is 1.53 bits per heavy atom. The molecular formula is C10H16N4O. The zero-order valence-corrected chi connectivity index (χ0v) is 8.81. The normalized spacial score (nSPS) is 17.5. The molecule has 15 heavy (non-hydrogen) atoms. The van der Waals surface area contributed by atoms with Gasteiger partial charge >= 0.3 is 0 Å². The van der Waals surface area contributed by atoms with Crippen LogP contribution in [0.15, 0.2) is 12.1 Å². The molecule has 0 aromatic carbocycles. The number of aromatic nitrogens is 2. The van der Waals surface area contributed by atoms with E-state index in [9.17, 15) is 0 Å². The van der Waals surface area contributed by atoms with E-state index >= 15 is 0 Å². The number of methoxy groups -OCH3 is 1. The van der Waals surface area contributed by atoms with Gasteiger partial charge in [-0.2, -0.15) is 5.10 Å². The van der Waals surface area contributed by atoms with E-state index in [-0.39, 0.29) is 6.04 Å². The van der Waals surface area contributed by atoms with E-state index in [1.807, 2.05) is 6.07 Å². The molecular weight excluding hydrogens is 192 g/mol. The Bertz CT molecular complexity index is 310. The second-order valence-corrected chi connectivity index (χ2v) is 3.90. The summed E-state index contributed by atoms with van der Waals surface area (Å²) in [7, 11) is 1.58. The summed E-state index contributed by atoms with van der Waals surface area (Å²) in [5.41, 5.74) is 3.66. The number of rotatable bonds is 5. The third-order valence-corrected chi connectivity index (χ3v) is 2.69. The van der Waals surface area contributed by atoms with Crippen molar-refractivity contribution in [3.05, 3.63) is 17.8 Å². The third-order valence-electron chi connectivity index (χ3n) is 2.69. The van der Waals surface area contributed by atoms with Crippen LogP contribution in [0.1, 0.15) is 31.0 Å². The van der Waals surface area contributed by atoms with Gasteiger partial charge < -0.3 is 4.74 Å². The molecule has 0 radical (unpaired) electrons. The van der Waals surface area contributed by atoms with Gasteiger partial charge in [0.25, 0.3) is 0 Å². The van der Waals surface area contributed by atoms with Crippen LogP contribution >= 0.6 is 0 Å². The minimum Gasteiger partial charge on any atom is -0.480 e. The highest BCUT2D eigenvalue weighted by Crippen LogP contribution is 2.36. The third kappa shape index (κ3) is 2.64. The number of hydrogen-bond donors (Lipinski definition) is 2. The molecule has 1 aromatic rings. The van der Waals surface area contributed by atoms with Crippen molar-refractivity contribution in [2.24, 2.45) is 11.8 Å². The van der Waals surface area contributed by atoms with E-state index in [1.165, 1.54) is 12.8 Å². The van der Waals surface area contributed by atoms with Gasteiger partial charge in [0.15, 0.2) is 0 Å². The molecule has 82 valence electrons. The molecule has 5 heteroatoms. The van der Waals surface area contributed by atoms with Crippen LogP contribution in [0.4, 0.5) is 0 Å². The highest BCUT2D eigenvalue weighted by molar-refractivity contribution is 5.14. The van der Waals surface area contributed by atoms with E-state index in [2.05, 4.69) is 15.6 Å². The Morgan fingerprint density at radius 3 is 2.80 bits per heavy atom. The molecule has 1 saturated carbocycles. The first kappa shape index (κ1) is 10.3. The lowest BCUT2D eigenvalue weighted by Gasteiger charge is -2.13. The Labute approximate surface area is 89.0 Å². The molecule has 0 aliphatic heterocycles. The molecule has 3 N–H and O–H groups in total. The van der Waals surface area contributed by atoms with Crippen molar-refractivity contribution in [1.29, 1.82) is 0 Å². The number of hydrogen-bond acceptors (Lipinski definition) is 5. The number of ether oxygens (including phenoxy) is 1. The SMILES string of the molecule is COc1ccc(C(CC2CC2)NN)nn1. The molecule has 0 saturated heterocycles. The van der Waals surface area contributed by atoms with Crippen molar-refractivity contribution in [2.45, 2.75) is 25.3 Å². The standard InChI is InChI=1S/C10H16N4O/c1-15-10-5-4-8(13-14-10)9(12-11)6-7-2-3-7/h4-5,7,9,12H,2-3,6,11H2,1H3. The predicted molar refractivity (Wildman–Crippen MR) is 56.0 cm³/mol. The van der Waals surface area contributed by atoms with E-state index in [0.29, 0.717) is 5.88 Å². The summed E-state index contributed by atoms with van der Waals surface area (Å²) in [6.07, 6.45) is 3.65. The van der Waals surface area contributed by atoms with Gasteiger partial charge in [-0.15, -0.1) is 5.10 Å². The molecule has 1 aromatic heterocycles. The van der Waals surface area contributed by atoms with Gasteiger partial charge in [0.2, 0.25) is 5.88 Å². The maximum atomic E-state index is 5.50. The van der Waals surface area contributed by atoms with E-state index in [4.69, 9.17) is 10.6 Å². The van der Waals surface area contributed by atoms with Crippen molar-refractivity contribution < 1.29 is 4.74 Å². The van der Waals surface area contributed by atoms with Gasteiger partial charge in [-0.3, -0.25) is 11.3 Å². The summed E-state index contributed by atoms with van der Waals surface area (Å²) < 4.78 is 4.95. The molecule has 1 aliphatic carbocycles. The molecule has 1 fully saturated rings. The van der Waals surface area contributed by atoms with Crippen LogP contribution < -0.4 is 16.0 Å². The first-order valence-electron chi connectivity index (χ1n) is 5.17. The van der Waals surface area contributed by atoms with Crippen LogP contribution in [0.3, 0.4) is 0 Å². The zero-order valence-electron chi connectivity index (χ0n) is 8.81. The van der Waals surface area contributed by atoms with Gasteiger partial charge in [0.1, 0.15) is 0 Å². The first-order chi connectivity index (χ1) is 7.33. The van der Waals surface area contributed by atoms with E-state index in [0.717, 1.165) is 18.0 Å². The van der Waals surface area contributed by atoms with Crippen LogP contribution in [0, 0.1) is 5.92 Å². The summed E-state index contributed by atoms with van der Waals surface area (Å²) in [5, 5.41) is 8.01. The number of nitrogens with two attached hydrogens (primary N) is 1. The van der Waals surface area contributed by atoms with Gasteiger partial charge in [0.05, 0.1) is 18.8 Å². The van der Waals surface area contributed by atoms with Crippen LogP contribution in [-0.4, -0.2) is 17.3 Å². The lowest BCUT2D eigenvalue weighted by molar-refractivity contribution is 0.387. The predicted octanol–water partition coefficient (Wildman–Crippen LogP) is 0.790. The van der Waals surface area contributed by atoms with Crippen molar-refractivity contribution in [2.75, 3.05) is 7.11 Å². The van der Waals surface area contributed by atoms with Gasteiger partial charge in [-0.25, -0.2) is 0 Å². The molecule has 1 heterocycles. The molecule has 0 spiro atoms. The molecule has 5 nitrogen and oxygen atoms in total. The Balaban J connectivity index is 2.03. The summed E-state index contributed by atoms with van der Waals surface area (Å²) in [6.45, 7) is 0. The van der Waals surface area contributed by atoms with Crippen molar-refractivity contribution in [3.8, 4) is 5.88 Å². The van der Waals surface area contributed by atoms with Gasteiger partial charge in [-0.1, -0.05) is 12.8 Å². The van der Waals surface area contributed by atoms with Crippen molar-refractivity contribution in [3.63, 3.8) is 0 Å². The lowest BCUT2D eigenvalue weighted by atomic mass is 10.1. The van der Waals surface area contributed by atoms with Gasteiger partial charge in [-0.05, 0) is 18.4 Å². The summed E-state index contributed by atoms with van der Waals surface area (Å²) >= 11 is 0. The van der Waals surface area contributed by atoms with Crippen molar-refractivity contribution in [1.82, 2.24) is 15.6 Å². The Morgan fingerprint density at radius 2 is 2.33 bits per heavy atom. The number of nitrogens with one attached hydrogen (secondary N) is 1. The van der Waals surface area contributed by atoms with E-state index in [1.54, 1.807) is 13.2 Å². The number of hydrazine groups is 1. The largest absolute Gasteiger partial charge is 0.480 e. The fourth-order valence-electron chi connectivity index (χ4n) is 1.59. The maximum Gasteiger partial charge on any atom is 0.233 e. The number of nitrogens with zero attached hydrogens (tertiary/aromatic N) is 2. The molecule has 1 unspecified atom stereocenters. The Hall–Kier alpha value is -1.20. The van der Waals surface area contributed by atoms with Crippen LogP contribution in [0.25, 0.3) is 0 Å². The molecule has 0 amide bonds. The van der Waals surface area contributed by atoms with Gasteiger partial charge in [0, 0.05) is 6.07 Å². The molecule has 1 atom stereocenters. The molecule has 0 bridgehead atoms. The summed E-state index contributed by atoms with van der Waals surface area (Å²) in [6, 6.07) is 3.81. The average Bonchev–Trinajstić information content (AvgIpc) is 3.10. The average molecular weight is 208 g/mol. The molecule has 2 rings (SSSR count). The zero-order chi connectivity index (χ0) is 10.7. The highest BCUT2D eigenvalue weighted by Gasteiger charge is 2.26. The topological polar surface area (TPSA) is 73.1 Å². The summed E-state index contributed by atoms with van der Waals surface area (Å²) in [5.74, 6) is 6.83. The monoisotopic (exact) mass is 208 g/mol. The second kappa shape index (κ2) is 4.55. The second-order valence-electron chi connectivity index (χ2n) is 3.90. The van der Waals surface area contributed by atoms with Crippen LogP contribution in [0.5, 0.6) is 5.88 Å². The lowest BCUT2D eigenvalue weighted by Crippen LogP contribution is -2.29. The quantitative estimate of drug-likeness (QED) is 0.553. The fraction of sp³-hybridized carbons (Fsp3) is 0.600. The summed E-state index contributed by atoms with van der Waals surface area (Å²) in [4.78, 5) is 0. The van der Waals surface area contributed by atoms with Crippen molar-refractivity contribution >= 4 is 0 Å². The van der Waals surface area contributed by atoms with Crippen LogP contribution in [0.2, 0.25) is 0 Å². The minimum atomic E-state index is 0.107. The first-order valence-corrected chi connectivity index (χ1v) is 5.17. The van der Waals surface area contributed by atoms with E-state index < -0.39 is 0 Å². The highest BCUT2D eigenvalue weighted by atomic mass is 16.5. The molecule has 1 aliphatic rings. The smallest absolute Gasteiger partial charge is 0.233 e. The minimum absolute atomic E-state index is 0.107. The Kier molecular flexibility index (Phi) is 3.13.